The quantitative estimate of drug-likeness (QED) is 0.670. The summed E-state index contributed by atoms with van der Waals surface area (Å²) in [7, 11) is 0. The van der Waals surface area contributed by atoms with Crippen molar-refractivity contribution in [2.24, 2.45) is 0 Å². The molecule has 0 fully saturated rings. The predicted molar refractivity (Wildman–Crippen MR) is 93.6 cm³/mol. The lowest BCUT2D eigenvalue weighted by Gasteiger charge is -2.30. The van der Waals surface area contributed by atoms with Gasteiger partial charge in [0.05, 0.1) is 12.7 Å². The van der Waals surface area contributed by atoms with Gasteiger partial charge in [-0.1, -0.05) is 53.7 Å². The van der Waals surface area contributed by atoms with Crippen LogP contribution in [0.3, 0.4) is 0 Å². The predicted octanol–water partition coefficient (Wildman–Crippen LogP) is 5.53. The zero-order valence-corrected chi connectivity index (χ0v) is 15.3. The third-order valence-electron chi connectivity index (χ3n) is 3.81. The van der Waals surface area contributed by atoms with Crippen molar-refractivity contribution in [2.75, 3.05) is 6.61 Å². The maximum absolute atomic E-state index is 8.76. The summed E-state index contributed by atoms with van der Waals surface area (Å²) in [6.45, 7) is 16.1. The molecule has 0 aliphatic heterocycles. The minimum Gasteiger partial charge on any atom is -0.493 e. The van der Waals surface area contributed by atoms with Crippen LogP contribution in [0.2, 0.25) is 0 Å². The van der Waals surface area contributed by atoms with Crippen LogP contribution < -0.4 is 4.74 Å². The molecule has 0 bridgehead atoms. The number of hydrogen-bond acceptors (Lipinski definition) is 2. The molecule has 2 heteroatoms. The topological polar surface area (TPSA) is 33.0 Å². The number of aryl methyl sites for hydroxylation is 1. The van der Waals surface area contributed by atoms with E-state index in [1.54, 1.807) is 0 Å². The first-order valence-corrected chi connectivity index (χ1v) is 8.29. The van der Waals surface area contributed by atoms with Crippen molar-refractivity contribution in [1.29, 1.82) is 5.26 Å². The Kier molecular flexibility index (Phi) is 6.06. The van der Waals surface area contributed by atoms with Crippen molar-refractivity contribution in [3.8, 4) is 11.8 Å². The zero-order chi connectivity index (χ0) is 17.0. The minimum atomic E-state index is 0.0374. The molecule has 0 aromatic heterocycles. The van der Waals surface area contributed by atoms with Gasteiger partial charge in [-0.25, -0.2) is 0 Å². The van der Waals surface area contributed by atoms with Crippen LogP contribution in [0.5, 0.6) is 5.75 Å². The molecule has 0 atom stereocenters. The van der Waals surface area contributed by atoms with E-state index in [1.807, 2.05) is 6.92 Å². The van der Waals surface area contributed by atoms with Crippen LogP contribution in [0.1, 0.15) is 78.0 Å². The minimum absolute atomic E-state index is 0.0374. The van der Waals surface area contributed by atoms with Crippen molar-refractivity contribution >= 4 is 0 Å². The number of ether oxygens (including phenoxy) is 1. The fourth-order valence-electron chi connectivity index (χ4n) is 2.62. The van der Waals surface area contributed by atoms with Gasteiger partial charge >= 0.3 is 0 Å². The van der Waals surface area contributed by atoms with E-state index in [9.17, 15) is 0 Å². The molecule has 0 saturated carbocycles. The van der Waals surface area contributed by atoms with Gasteiger partial charge in [-0.3, -0.25) is 0 Å². The van der Waals surface area contributed by atoms with E-state index < -0.39 is 0 Å². The third-order valence-corrected chi connectivity index (χ3v) is 3.81. The molecule has 0 aliphatic rings. The highest BCUT2D eigenvalue weighted by molar-refractivity contribution is 5.51. The molecular formula is C20H31NO. The molecule has 0 unspecified atom stereocenters. The molecule has 0 spiro atoms. The summed E-state index contributed by atoms with van der Waals surface area (Å²) in [6, 6.07) is 6.79. The number of nitriles is 1. The van der Waals surface area contributed by atoms with Crippen LogP contribution in [-0.4, -0.2) is 6.61 Å². The van der Waals surface area contributed by atoms with Gasteiger partial charge in [0.25, 0.3) is 0 Å². The van der Waals surface area contributed by atoms with Crippen molar-refractivity contribution in [3.63, 3.8) is 0 Å². The second-order valence-electron chi connectivity index (χ2n) is 7.96. The van der Waals surface area contributed by atoms with Gasteiger partial charge in [0.15, 0.2) is 0 Å². The van der Waals surface area contributed by atoms with Gasteiger partial charge in [0.2, 0.25) is 0 Å². The summed E-state index contributed by atoms with van der Waals surface area (Å²) in [5.74, 6) is 1.05. The molecule has 1 aromatic carbocycles. The molecule has 0 heterocycles. The fraction of sp³-hybridized carbons (Fsp3) is 0.650. The Morgan fingerprint density at radius 2 is 1.50 bits per heavy atom. The Morgan fingerprint density at radius 1 is 1.00 bits per heavy atom. The Balaban J connectivity index is 3.44. The molecule has 0 aliphatic carbocycles. The van der Waals surface area contributed by atoms with Crippen LogP contribution in [0.4, 0.5) is 0 Å². The van der Waals surface area contributed by atoms with E-state index in [4.69, 9.17) is 10.00 Å². The maximum Gasteiger partial charge on any atom is 0.126 e. The largest absolute Gasteiger partial charge is 0.493 e. The number of benzene rings is 1. The van der Waals surface area contributed by atoms with Crippen molar-refractivity contribution in [3.05, 3.63) is 28.8 Å². The Bertz CT molecular complexity index is 503. The lowest BCUT2D eigenvalue weighted by molar-refractivity contribution is 0.319. The first kappa shape index (κ1) is 18.6. The second kappa shape index (κ2) is 7.18. The van der Waals surface area contributed by atoms with Crippen molar-refractivity contribution < 1.29 is 4.74 Å². The normalized spacial score (nSPS) is 12.1. The SMILES string of the molecule is CCOc1c(C(C)(C)C)cc(CCCC#N)cc1C(C)(C)C. The molecule has 0 N–H and O–H groups in total. The fourth-order valence-corrected chi connectivity index (χ4v) is 2.62. The summed E-state index contributed by atoms with van der Waals surface area (Å²) in [4.78, 5) is 0. The van der Waals surface area contributed by atoms with E-state index in [0.717, 1.165) is 18.6 Å². The lowest BCUT2D eigenvalue weighted by Crippen LogP contribution is -2.20. The van der Waals surface area contributed by atoms with Crippen molar-refractivity contribution in [2.45, 2.75) is 78.6 Å². The Morgan fingerprint density at radius 3 is 1.86 bits per heavy atom. The maximum atomic E-state index is 8.76. The monoisotopic (exact) mass is 301 g/mol. The molecule has 1 rings (SSSR count). The van der Waals surface area contributed by atoms with Crippen LogP contribution in [0.15, 0.2) is 12.1 Å². The van der Waals surface area contributed by atoms with Crippen LogP contribution >= 0.6 is 0 Å². The number of nitrogens with zero attached hydrogens (tertiary/aromatic N) is 1. The van der Waals surface area contributed by atoms with E-state index >= 15 is 0 Å². The first-order chi connectivity index (χ1) is 10.1. The highest BCUT2D eigenvalue weighted by Gasteiger charge is 2.27. The van der Waals surface area contributed by atoms with Gasteiger partial charge < -0.3 is 4.74 Å². The standard InChI is InChI=1S/C20H31NO/c1-8-22-18-16(19(2,3)4)13-15(11-9-10-12-21)14-17(18)20(5,6)7/h13-14H,8-11H2,1-7H3. The second-order valence-corrected chi connectivity index (χ2v) is 7.96. The smallest absolute Gasteiger partial charge is 0.126 e. The summed E-state index contributed by atoms with van der Waals surface area (Å²) < 4.78 is 6.05. The van der Waals surface area contributed by atoms with Gasteiger partial charge in [0.1, 0.15) is 5.75 Å². The van der Waals surface area contributed by atoms with E-state index in [2.05, 4.69) is 59.7 Å². The van der Waals surface area contributed by atoms with Gasteiger partial charge in [-0.15, -0.1) is 0 Å². The average molecular weight is 301 g/mol. The first-order valence-electron chi connectivity index (χ1n) is 8.29. The number of rotatable bonds is 5. The highest BCUT2D eigenvalue weighted by Crippen LogP contribution is 2.41. The van der Waals surface area contributed by atoms with Crippen LogP contribution in [0.25, 0.3) is 0 Å². The summed E-state index contributed by atoms with van der Waals surface area (Å²) in [6.07, 6.45) is 2.48. The van der Waals surface area contributed by atoms with E-state index in [-0.39, 0.29) is 10.8 Å². The molecule has 22 heavy (non-hydrogen) atoms. The van der Waals surface area contributed by atoms with Gasteiger partial charge in [-0.2, -0.15) is 5.26 Å². The molecule has 1 aromatic rings. The molecule has 122 valence electrons. The van der Waals surface area contributed by atoms with E-state index in [0.29, 0.717) is 13.0 Å². The number of unbranched alkanes of at least 4 members (excludes halogenated alkanes) is 1. The molecule has 0 radical (unpaired) electrons. The van der Waals surface area contributed by atoms with Crippen LogP contribution in [-0.2, 0) is 17.3 Å². The van der Waals surface area contributed by atoms with Crippen molar-refractivity contribution in [1.82, 2.24) is 0 Å². The van der Waals surface area contributed by atoms with Crippen LogP contribution in [0, 0.1) is 11.3 Å². The molecule has 0 amide bonds. The van der Waals surface area contributed by atoms with Gasteiger partial charge in [0, 0.05) is 17.5 Å². The summed E-state index contributed by atoms with van der Waals surface area (Å²) in [5.41, 5.74) is 3.93. The van der Waals surface area contributed by atoms with Gasteiger partial charge in [-0.05, 0) is 36.2 Å². The Labute approximate surface area is 136 Å². The zero-order valence-electron chi connectivity index (χ0n) is 15.3. The highest BCUT2D eigenvalue weighted by atomic mass is 16.5. The van der Waals surface area contributed by atoms with E-state index in [1.165, 1.54) is 16.7 Å². The lowest BCUT2D eigenvalue weighted by atomic mass is 9.78. The average Bonchev–Trinajstić information content (AvgIpc) is 2.38. The Hall–Kier alpha value is -1.49. The molecule has 2 nitrogen and oxygen atoms in total. The summed E-state index contributed by atoms with van der Waals surface area (Å²) >= 11 is 0. The number of hydrogen-bond donors (Lipinski definition) is 0. The third kappa shape index (κ3) is 4.77. The summed E-state index contributed by atoms with van der Waals surface area (Å²) in [5, 5.41) is 8.76. The molecule has 0 saturated heterocycles. The molecular weight excluding hydrogens is 270 g/mol.